The summed E-state index contributed by atoms with van der Waals surface area (Å²) in [5.74, 6) is 0.440. The van der Waals surface area contributed by atoms with Crippen LogP contribution in [-0.4, -0.2) is 24.0 Å². The number of aromatic nitrogens is 1. The molecule has 0 radical (unpaired) electrons. The van der Waals surface area contributed by atoms with Crippen LogP contribution < -0.4 is 10.6 Å². The van der Waals surface area contributed by atoms with Gasteiger partial charge >= 0.3 is 0 Å². The van der Waals surface area contributed by atoms with Gasteiger partial charge in [0.15, 0.2) is 0 Å². The Morgan fingerprint density at radius 1 is 1.60 bits per heavy atom. The van der Waals surface area contributed by atoms with E-state index >= 15 is 0 Å². The Labute approximate surface area is 89.1 Å². The molecule has 1 aliphatic heterocycles. The largest absolute Gasteiger partial charge is 0.330 e. The number of hydrogen-bond donors (Lipinski definition) is 1. The van der Waals surface area contributed by atoms with Gasteiger partial charge in [-0.05, 0) is 31.5 Å². The van der Waals surface area contributed by atoms with Gasteiger partial charge in [0.25, 0.3) is 0 Å². The van der Waals surface area contributed by atoms with Crippen molar-refractivity contribution in [1.29, 1.82) is 0 Å². The fourth-order valence-electron chi connectivity index (χ4n) is 1.81. The Morgan fingerprint density at radius 3 is 2.93 bits per heavy atom. The topological polar surface area (TPSA) is 59.2 Å². The van der Waals surface area contributed by atoms with Gasteiger partial charge < -0.3 is 10.6 Å². The van der Waals surface area contributed by atoms with Gasteiger partial charge in [0, 0.05) is 18.7 Å². The highest BCUT2D eigenvalue weighted by Gasteiger charge is 2.29. The Hall–Kier alpha value is -1.42. The minimum atomic E-state index is 0.149. The van der Waals surface area contributed by atoms with Crippen LogP contribution in [-0.2, 0) is 4.79 Å². The summed E-state index contributed by atoms with van der Waals surface area (Å²) >= 11 is 0. The number of amides is 1. The number of pyridine rings is 1. The number of carbonyl (C=O) groups is 1. The first kappa shape index (κ1) is 10.1. The minimum absolute atomic E-state index is 0.149. The number of carbonyl (C=O) groups excluding carboxylic acids is 1. The lowest BCUT2D eigenvalue weighted by molar-refractivity contribution is -0.117. The SMILES string of the molecule is Cc1ccc(N2CC(CN)CC2=O)cn1. The van der Waals surface area contributed by atoms with Crippen molar-refractivity contribution in [3.05, 3.63) is 24.0 Å². The summed E-state index contributed by atoms with van der Waals surface area (Å²) < 4.78 is 0. The normalized spacial score (nSPS) is 21.1. The van der Waals surface area contributed by atoms with Gasteiger partial charge in [-0.3, -0.25) is 9.78 Å². The van der Waals surface area contributed by atoms with Crippen LogP contribution in [0.2, 0.25) is 0 Å². The summed E-state index contributed by atoms with van der Waals surface area (Å²) in [6.07, 6.45) is 2.30. The first-order chi connectivity index (χ1) is 7.20. The van der Waals surface area contributed by atoms with Crippen molar-refractivity contribution in [3.63, 3.8) is 0 Å². The zero-order valence-electron chi connectivity index (χ0n) is 8.81. The average molecular weight is 205 g/mol. The van der Waals surface area contributed by atoms with E-state index in [1.165, 1.54) is 0 Å². The van der Waals surface area contributed by atoms with E-state index in [1.807, 2.05) is 19.1 Å². The molecule has 1 atom stereocenters. The number of anilines is 1. The van der Waals surface area contributed by atoms with Gasteiger partial charge in [-0.2, -0.15) is 0 Å². The van der Waals surface area contributed by atoms with Crippen molar-refractivity contribution in [2.75, 3.05) is 18.0 Å². The van der Waals surface area contributed by atoms with Crippen LogP contribution in [0.1, 0.15) is 12.1 Å². The standard InChI is InChI=1S/C11H15N3O/c1-8-2-3-10(6-13-8)14-7-9(5-12)4-11(14)15/h2-3,6,9H,4-5,7,12H2,1H3. The van der Waals surface area contributed by atoms with Crippen molar-refractivity contribution in [3.8, 4) is 0 Å². The summed E-state index contributed by atoms with van der Waals surface area (Å²) in [5, 5.41) is 0. The fraction of sp³-hybridized carbons (Fsp3) is 0.455. The van der Waals surface area contributed by atoms with Crippen molar-refractivity contribution in [2.24, 2.45) is 11.7 Å². The van der Waals surface area contributed by atoms with Gasteiger partial charge in [0.05, 0.1) is 11.9 Å². The highest BCUT2D eigenvalue weighted by Crippen LogP contribution is 2.23. The third kappa shape index (κ3) is 1.99. The summed E-state index contributed by atoms with van der Waals surface area (Å²) in [6.45, 7) is 3.22. The highest BCUT2D eigenvalue weighted by molar-refractivity contribution is 5.95. The van der Waals surface area contributed by atoms with E-state index in [0.29, 0.717) is 18.9 Å². The quantitative estimate of drug-likeness (QED) is 0.773. The molecule has 0 aliphatic carbocycles. The molecule has 0 aromatic carbocycles. The first-order valence-corrected chi connectivity index (χ1v) is 5.14. The Bertz CT molecular complexity index is 361. The molecule has 4 heteroatoms. The number of aryl methyl sites for hydroxylation is 1. The van der Waals surface area contributed by atoms with Gasteiger partial charge in [-0.1, -0.05) is 0 Å². The van der Waals surface area contributed by atoms with Crippen LogP contribution in [0, 0.1) is 12.8 Å². The van der Waals surface area contributed by atoms with Crippen molar-refractivity contribution in [1.82, 2.24) is 4.98 Å². The monoisotopic (exact) mass is 205 g/mol. The maximum atomic E-state index is 11.7. The van der Waals surface area contributed by atoms with Crippen LogP contribution in [0.4, 0.5) is 5.69 Å². The summed E-state index contributed by atoms with van der Waals surface area (Å²) in [6, 6.07) is 3.84. The lowest BCUT2D eigenvalue weighted by Gasteiger charge is -2.15. The van der Waals surface area contributed by atoms with Gasteiger partial charge in [-0.15, -0.1) is 0 Å². The van der Waals surface area contributed by atoms with Crippen molar-refractivity contribution < 1.29 is 4.79 Å². The van der Waals surface area contributed by atoms with Gasteiger partial charge in [-0.25, -0.2) is 0 Å². The fourth-order valence-corrected chi connectivity index (χ4v) is 1.81. The smallest absolute Gasteiger partial charge is 0.227 e. The lowest BCUT2D eigenvalue weighted by atomic mass is 10.1. The van der Waals surface area contributed by atoms with Crippen LogP contribution in [0.15, 0.2) is 18.3 Å². The maximum absolute atomic E-state index is 11.7. The predicted molar refractivity (Wildman–Crippen MR) is 58.5 cm³/mol. The van der Waals surface area contributed by atoms with E-state index in [0.717, 1.165) is 17.9 Å². The molecule has 2 N–H and O–H groups in total. The Kier molecular flexibility index (Phi) is 2.68. The van der Waals surface area contributed by atoms with Crippen LogP contribution in [0.5, 0.6) is 0 Å². The van der Waals surface area contributed by atoms with Crippen LogP contribution in [0.25, 0.3) is 0 Å². The molecule has 1 aromatic heterocycles. The van der Waals surface area contributed by atoms with Crippen molar-refractivity contribution in [2.45, 2.75) is 13.3 Å². The van der Waals surface area contributed by atoms with E-state index in [4.69, 9.17) is 5.73 Å². The second-order valence-corrected chi connectivity index (χ2v) is 3.97. The molecule has 15 heavy (non-hydrogen) atoms. The third-order valence-corrected chi connectivity index (χ3v) is 2.75. The lowest BCUT2D eigenvalue weighted by Crippen LogP contribution is -2.25. The van der Waals surface area contributed by atoms with E-state index < -0.39 is 0 Å². The van der Waals surface area contributed by atoms with Crippen LogP contribution in [0.3, 0.4) is 0 Å². The van der Waals surface area contributed by atoms with E-state index in [1.54, 1.807) is 11.1 Å². The number of hydrogen-bond acceptors (Lipinski definition) is 3. The average Bonchev–Trinajstić information content (AvgIpc) is 2.61. The molecule has 1 amide bonds. The highest BCUT2D eigenvalue weighted by atomic mass is 16.2. The molecule has 1 aliphatic rings. The third-order valence-electron chi connectivity index (χ3n) is 2.75. The molecular formula is C11H15N3O. The van der Waals surface area contributed by atoms with Crippen molar-refractivity contribution >= 4 is 11.6 Å². The minimum Gasteiger partial charge on any atom is -0.330 e. The second-order valence-electron chi connectivity index (χ2n) is 3.97. The zero-order valence-corrected chi connectivity index (χ0v) is 8.81. The van der Waals surface area contributed by atoms with Gasteiger partial charge in [0.1, 0.15) is 0 Å². The summed E-state index contributed by atoms with van der Waals surface area (Å²) in [4.78, 5) is 17.6. The molecule has 0 saturated carbocycles. The second kappa shape index (κ2) is 3.98. The Morgan fingerprint density at radius 2 is 2.40 bits per heavy atom. The Balaban J connectivity index is 2.18. The molecule has 1 fully saturated rings. The van der Waals surface area contributed by atoms with Crippen LogP contribution >= 0.6 is 0 Å². The molecule has 0 spiro atoms. The molecule has 4 nitrogen and oxygen atoms in total. The molecule has 1 saturated heterocycles. The molecule has 0 bridgehead atoms. The van der Waals surface area contributed by atoms with E-state index in [-0.39, 0.29) is 5.91 Å². The predicted octanol–water partition coefficient (Wildman–Crippen LogP) is 0.702. The van der Waals surface area contributed by atoms with Gasteiger partial charge in [0.2, 0.25) is 5.91 Å². The first-order valence-electron chi connectivity index (χ1n) is 5.14. The number of nitrogens with two attached hydrogens (primary N) is 1. The molecule has 2 heterocycles. The number of nitrogens with zero attached hydrogens (tertiary/aromatic N) is 2. The number of rotatable bonds is 2. The summed E-state index contributed by atoms with van der Waals surface area (Å²) in [7, 11) is 0. The van der Waals surface area contributed by atoms with E-state index in [9.17, 15) is 4.79 Å². The zero-order chi connectivity index (χ0) is 10.8. The molecule has 2 rings (SSSR count). The molecule has 1 unspecified atom stereocenters. The summed E-state index contributed by atoms with van der Waals surface area (Å²) in [5.41, 5.74) is 7.40. The molecule has 1 aromatic rings. The maximum Gasteiger partial charge on any atom is 0.227 e. The molecule has 80 valence electrons. The van der Waals surface area contributed by atoms with E-state index in [2.05, 4.69) is 4.98 Å². The molecular weight excluding hydrogens is 190 g/mol.